The molecule has 4 nitrogen and oxygen atoms in total. The van der Waals surface area contributed by atoms with Gasteiger partial charge in [-0.05, 0) is 26.0 Å². The van der Waals surface area contributed by atoms with Crippen LogP contribution in [0.5, 0.6) is 0 Å². The summed E-state index contributed by atoms with van der Waals surface area (Å²) >= 11 is 0. The maximum Gasteiger partial charge on any atom is 0.101 e. The van der Waals surface area contributed by atoms with Crippen molar-refractivity contribution in [2.45, 2.75) is 19.4 Å². The summed E-state index contributed by atoms with van der Waals surface area (Å²) in [6.45, 7) is 3.44. The van der Waals surface area contributed by atoms with Crippen molar-refractivity contribution in [3.63, 3.8) is 0 Å². The van der Waals surface area contributed by atoms with Gasteiger partial charge in [-0.3, -0.25) is 4.98 Å². The zero-order valence-electron chi connectivity index (χ0n) is 8.88. The summed E-state index contributed by atoms with van der Waals surface area (Å²) in [6.07, 6.45) is 6.76. The zero-order chi connectivity index (χ0) is 11.1. The molecule has 0 aliphatic heterocycles. The van der Waals surface area contributed by atoms with Crippen LogP contribution in [0, 0.1) is 0 Å². The van der Waals surface area contributed by atoms with E-state index in [0.717, 1.165) is 0 Å². The number of nitrogens with zero attached hydrogens (tertiary/aromatic N) is 2. The van der Waals surface area contributed by atoms with Crippen LogP contribution in [0.1, 0.15) is 19.5 Å². The van der Waals surface area contributed by atoms with Gasteiger partial charge in [0.1, 0.15) is 5.60 Å². The third-order valence-electron chi connectivity index (χ3n) is 1.70. The molecule has 15 heavy (non-hydrogen) atoms. The molecule has 2 rings (SSSR count). The summed E-state index contributed by atoms with van der Waals surface area (Å²) < 4.78 is 0. The molecular weight excluding hydrogens is 190 g/mol. The highest BCUT2D eigenvalue weighted by Crippen LogP contribution is 2.15. The van der Waals surface area contributed by atoms with Gasteiger partial charge < -0.3 is 10.1 Å². The Morgan fingerprint density at radius 3 is 2.33 bits per heavy atom. The van der Waals surface area contributed by atoms with Crippen molar-refractivity contribution in [3.8, 4) is 0 Å². The lowest BCUT2D eigenvalue weighted by Gasteiger charge is -2.15. The van der Waals surface area contributed by atoms with Crippen LogP contribution in [-0.4, -0.2) is 20.1 Å². The lowest BCUT2D eigenvalue weighted by molar-refractivity contribution is 0.0738. The van der Waals surface area contributed by atoms with Gasteiger partial charge in [0.25, 0.3) is 0 Å². The average Bonchev–Trinajstić information content (AvgIpc) is 2.76. The van der Waals surface area contributed by atoms with E-state index in [1.807, 2.05) is 12.1 Å². The summed E-state index contributed by atoms with van der Waals surface area (Å²) in [5.41, 5.74) is -0.114. The second-order valence-corrected chi connectivity index (χ2v) is 3.53. The molecule has 0 unspecified atom stereocenters. The van der Waals surface area contributed by atoms with E-state index < -0.39 is 5.60 Å². The van der Waals surface area contributed by atoms with Crippen LogP contribution >= 0.6 is 0 Å². The first-order chi connectivity index (χ1) is 7.11. The van der Waals surface area contributed by atoms with Gasteiger partial charge >= 0.3 is 0 Å². The molecule has 4 heteroatoms. The summed E-state index contributed by atoms with van der Waals surface area (Å²) in [6, 6.07) is 5.50. The Bertz CT molecular complexity index is 334. The van der Waals surface area contributed by atoms with Crippen molar-refractivity contribution in [1.29, 1.82) is 0 Å². The minimum absolute atomic E-state index is 0.704. The highest BCUT2D eigenvalue weighted by Gasteiger charge is 2.15. The van der Waals surface area contributed by atoms with Crippen molar-refractivity contribution in [2.24, 2.45) is 0 Å². The fourth-order valence-corrected chi connectivity index (χ4v) is 0.940. The Hall–Kier alpha value is -1.68. The van der Waals surface area contributed by atoms with E-state index in [0.29, 0.717) is 5.69 Å². The highest BCUT2D eigenvalue weighted by atomic mass is 16.3. The van der Waals surface area contributed by atoms with Gasteiger partial charge in [-0.1, -0.05) is 6.07 Å². The second-order valence-electron chi connectivity index (χ2n) is 3.53. The summed E-state index contributed by atoms with van der Waals surface area (Å²) in [5.74, 6) is 0. The molecule has 2 aromatic rings. The molecule has 0 aromatic carbocycles. The van der Waals surface area contributed by atoms with Gasteiger partial charge in [0.2, 0.25) is 0 Å². The lowest BCUT2D eigenvalue weighted by atomic mass is 10.1. The van der Waals surface area contributed by atoms with E-state index >= 15 is 0 Å². The van der Waals surface area contributed by atoms with Crippen LogP contribution in [0.3, 0.4) is 0 Å². The minimum atomic E-state index is -0.818. The Balaban J connectivity index is 0.000000187. The first kappa shape index (κ1) is 11.4. The molecule has 2 N–H and O–H groups in total. The number of aliphatic hydroxyl groups is 1. The van der Waals surface area contributed by atoms with Crippen LogP contribution in [0.15, 0.2) is 43.1 Å². The average molecular weight is 205 g/mol. The maximum atomic E-state index is 9.43. The summed E-state index contributed by atoms with van der Waals surface area (Å²) in [4.78, 5) is 10.4. The maximum absolute atomic E-state index is 9.43. The van der Waals surface area contributed by atoms with Gasteiger partial charge in [0.05, 0.1) is 12.0 Å². The lowest BCUT2D eigenvalue weighted by Crippen LogP contribution is -2.16. The Kier molecular flexibility index (Phi) is 4.00. The van der Waals surface area contributed by atoms with Gasteiger partial charge in [0.15, 0.2) is 0 Å². The van der Waals surface area contributed by atoms with Gasteiger partial charge in [-0.25, -0.2) is 4.98 Å². The zero-order valence-corrected chi connectivity index (χ0v) is 8.88. The molecule has 0 atom stereocenters. The van der Waals surface area contributed by atoms with Crippen LogP contribution in [0.4, 0.5) is 0 Å². The molecule has 0 spiro atoms. The molecule has 0 saturated heterocycles. The number of pyridine rings is 1. The monoisotopic (exact) mass is 205 g/mol. The van der Waals surface area contributed by atoms with Gasteiger partial charge in [-0.2, -0.15) is 0 Å². The van der Waals surface area contributed by atoms with Crippen molar-refractivity contribution in [1.82, 2.24) is 15.0 Å². The summed E-state index contributed by atoms with van der Waals surface area (Å²) in [5, 5.41) is 9.43. The van der Waals surface area contributed by atoms with Crippen LogP contribution in [0.2, 0.25) is 0 Å². The summed E-state index contributed by atoms with van der Waals surface area (Å²) in [7, 11) is 0. The predicted molar refractivity (Wildman–Crippen MR) is 58.1 cm³/mol. The number of nitrogens with one attached hydrogen (secondary N) is 1. The number of aromatic nitrogens is 3. The van der Waals surface area contributed by atoms with E-state index in [9.17, 15) is 5.11 Å². The minimum Gasteiger partial charge on any atom is -0.384 e. The number of rotatable bonds is 1. The van der Waals surface area contributed by atoms with E-state index in [-0.39, 0.29) is 0 Å². The van der Waals surface area contributed by atoms with E-state index in [2.05, 4.69) is 15.0 Å². The third kappa shape index (κ3) is 4.37. The van der Waals surface area contributed by atoms with Crippen LogP contribution in [0.25, 0.3) is 0 Å². The van der Waals surface area contributed by atoms with Crippen molar-refractivity contribution in [2.75, 3.05) is 0 Å². The van der Waals surface area contributed by atoms with E-state index in [1.165, 1.54) is 0 Å². The Morgan fingerprint density at radius 1 is 1.27 bits per heavy atom. The smallest absolute Gasteiger partial charge is 0.101 e. The van der Waals surface area contributed by atoms with Gasteiger partial charge in [-0.15, -0.1) is 0 Å². The number of hydrogen-bond acceptors (Lipinski definition) is 3. The largest absolute Gasteiger partial charge is 0.384 e. The third-order valence-corrected chi connectivity index (χ3v) is 1.70. The Labute approximate surface area is 89.0 Å². The second kappa shape index (κ2) is 5.26. The van der Waals surface area contributed by atoms with E-state index in [4.69, 9.17) is 0 Å². The van der Waals surface area contributed by atoms with Crippen molar-refractivity contribution in [3.05, 3.63) is 48.8 Å². The molecule has 0 saturated carbocycles. The van der Waals surface area contributed by atoms with Crippen molar-refractivity contribution < 1.29 is 5.11 Å². The molecule has 0 fully saturated rings. The molecule has 2 aromatic heterocycles. The Morgan fingerprint density at radius 2 is 2.07 bits per heavy atom. The van der Waals surface area contributed by atoms with Crippen LogP contribution in [-0.2, 0) is 5.60 Å². The number of aromatic amines is 1. The van der Waals surface area contributed by atoms with Gasteiger partial charge in [0, 0.05) is 18.6 Å². The van der Waals surface area contributed by atoms with Crippen LogP contribution < -0.4 is 0 Å². The molecular formula is C11H15N3O. The topological polar surface area (TPSA) is 61.8 Å². The molecule has 0 bridgehead atoms. The number of H-pyrrole nitrogens is 1. The molecule has 0 aliphatic rings. The number of imidazole rings is 1. The molecule has 0 amide bonds. The van der Waals surface area contributed by atoms with Crippen molar-refractivity contribution >= 4 is 0 Å². The SMILES string of the molecule is CC(C)(O)c1ccccn1.c1c[nH]cn1. The standard InChI is InChI=1S/C8H11NO.C3H4N2/c1-8(2,10)7-5-3-4-6-9-7;1-2-5-3-4-1/h3-6,10H,1-2H3;1-3H,(H,4,5). The highest BCUT2D eigenvalue weighted by molar-refractivity contribution is 5.09. The fourth-order valence-electron chi connectivity index (χ4n) is 0.940. The molecule has 0 aliphatic carbocycles. The first-order valence-electron chi connectivity index (χ1n) is 4.67. The quantitative estimate of drug-likeness (QED) is 0.745. The van der Waals surface area contributed by atoms with E-state index in [1.54, 1.807) is 44.8 Å². The predicted octanol–water partition coefficient (Wildman–Crippen LogP) is 1.72. The fraction of sp³-hybridized carbons (Fsp3) is 0.273. The number of hydrogen-bond donors (Lipinski definition) is 2. The molecule has 0 radical (unpaired) electrons. The first-order valence-corrected chi connectivity index (χ1v) is 4.67. The molecule has 2 heterocycles. The molecule has 80 valence electrons. The normalized spacial score (nSPS) is 10.3.